The van der Waals surface area contributed by atoms with Crippen molar-refractivity contribution < 1.29 is 4.79 Å². The predicted molar refractivity (Wildman–Crippen MR) is 85.4 cm³/mol. The van der Waals surface area contributed by atoms with Crippen LogP contribution >= 0.6 is 0 Å². The maximum atomic E-state index is 12.5. The van der Waals surface area contributed by atoms with Crippen LogP contribution < -0.4 is 10.6 Å². The molecule has 0 bridgehead atoms. The molecule has 1 fully saturated rings. The molecule has 2 atom stereocenters. The Morgan fingerprint density at radius 1 is 1.29 bits per heavy atom. The molecular formula is C18H26N2O. The maximum Gasteiger partial charge on any atom is 0.251 e. The summed E-state index contributed by atoms with van der Waals surface area (Å²) in [6, 6.07) is 6.55. The molecule has 1 aliphatic heterocycles. The topological polar surface area (TPSA) is 41.1 Å². The molecule has 0 spiro atoms. The molecule has 1 saturated carbocycles. The van der Waals surface area contributed by atoms with Crippen molar-refractivity contribution in [2.24, 2.45) is 5.92 Å². The first-order valence-electron chi connectivity index (χ1n) is 8.41. The van der Waals surface area contributed by atoms with Crippen molar-refractivity contribution in [3.8, 4) is 0 Å². The fourth-order valence-electron chi connectivity index (χ4n) is 3.76. The van der Waals surface area contributed by atoms with E-state index in [0.29, 0.717) is 12.0 Å². The normalized spacial score (nSPS) is 25.2. The molecule has 2 N–H and O–H groups in total. The van der Waals surface area contributed by atoms with Crippen LogP contribution in [0.5, 0.6) is 0 Å². The standard InChI is InChI=1S/C18H26N2O/c1-2-13-5-3-4-6-17(13)20-18(21)15-8-7-14-9-10-19-12-16(14)11-15/h7-8,11,13,17,19H,2-6,9-10,12H2,1H3,(H,20,21). The minimum Gasteiger partial charge on any atom is -0.349 e. The molecule has 114 valence electrons. The molecule has 21 heavy (non-hydrogen) atoms. The van der Waals surface area contributed by atoms with E-state index in [1.54, 1.807) is 0 Å². The third-order valence-electron chi connectivity index (χ3n) is 5.10. The van der Waals surface area contributed by atoms with Crippen LogP contribution in [0.1, 0.15) is 60.5 Å². The van der Waals surface area contributed by atoms with Gasteiger partial charge >= 0.3 is 0 Å². The summed E-state index contributed by atoms with van der Waals surface area (Å²) in [5.74, 6) is 0.760. The number of hydrogen-bond donors (Lipinski definition) is 2. The van der Waals surface area contributed by atoms with Gasteiger partial charge in [0, 0.05) is 18.2 Å². The van der Waals surface area contributed by atoms with E-state index in [-0.39, 0.29) is 5.91 Å². The zero-order valence-electron chi connectivity index (χ0n) is 13.0. The van der Waals surface area contributed by atoms with Crippen LogP contribution in [0.3, 0.4) is 0 Å². The molecular weight excluding hydrogens is 260 g/mol. The third-order valence-corrected chi connectivity index (χ3v) is 5.10. The van der Waals surface area contributed by atoms with Crippen LogP contribution in [-0.4, -0.2) is 18.5 Å². The Morgan fingerprint density at radius 3 is 3.00 bits per heavy atom. The van der Waals surface area contributed by atoms with Crippen LogP contribution in [-0.2, 0) is 13.0 Å². The van der Waals surface area contributed by atoms with Crippen molar-refractivity contribution in [3.63, 3.8) is 0 Å². The van der Waals surface area contributed by atoms with Crippen LogP contribution in [0, 0.1) is 5.92 Å². The molecule has 1 aromatic rings. The van der Waals surface area contributed by atoms with Crippen molar-refractivity contribution >= 4 is 5.91 Å². The van der Waals surface area contributed by atoms with E-state index < -0.39 is 0 Å². The molecule has 1 aliphatic carbocycles. The number of amides is 1. The third kappa shape index (κ3) is 3.29. The highest BCUT2D eigenvalue weighted by molar-refractivity contribution is 5.94. The molecule has 0 radical (unpaired) electrons. The lowest BCUT2D eigenvalue weighted by Crippen LogP contribution is -2.42. The van der Waals surface area contributed by atoms with Crippen molar-refractivity contribution in [3.05, 3.63) is 34.9 Å². The van der Waals surface area contributed by atoms with Gasteiger partial charge in [0.1, 0.15) is 0 Å². The number of fused-ring (bicyclic) bond motifs is 1. The van der Waals surface area contributed by atoms with Gasteiger partial charge in [-0.05, 0) is 55.0 Å². The van der Waals surface area contributed by atoms with Crippen LogP contribution in [0.2, 0.25) is 0 Å². The lowest BCUT2D eigenvalue weighted by Gasteiger charge is -2.31. The number of carbonyl (C=O) groups excluding carboxylic acids is 1. The lowest BCUT2D eigenvalue weighted by atomic mass is 9.82. The highest BCUT2D eigenvalue weighted by Gasteiger charge is 2.25. The summed E-state index contributed by atoms with van der Waals surface area (Å²) in [5, 5.41) is 6.66. The number of benzene rings is 1. The molecule has 1 heterocycles. The van der Waals surface area contributed by atoms with Gasteiger partial charge in [-0.1, -0.05) is 32.3 Å². The zero-order valence-corrected chi connectivity index (χ0v) is 13.0. The van der Waals surface area contributed by atoms with Crippen molar-refractivity contribution in [2.45, 2.75) is 58.0 Å². The number of carbonyl (C=O) groups is 1. The Kier molecular flexibility index (Phi) is 4.59. The smallest absolute Gasteiger partial charge is 0.251 e. The van der Waals surface area contributed by atoms with Gasteiger partial charge in [0.15, 0.2) is 0 Å². The maximum absolute atomic E-state index is 12.5. The molecule has 2 aliphatic rings. The fourth-order valence-corrected chi connectivity index (χ4v) is 3.76. The molecule has 0 saturated heterocycles. The van der Waals surface area contributed by atoms with Crippen molar-refractivity contribution in [1.82, 2.24) is 10.6 Å². The Balaban J connectivity index is 1.70. The second kappa shape index (κ2) is 6.61. The second-order valence-electron chi connectivity index (χ2n) is 6.44. The molecule has 3 nitrogen and oxygen atoms in total. The summed E-state index contributed by atoms with van der Waals surface area (Å²) < 4.78 is 0. The molecule has 3 heteroatoms. The zero-order chi connectivity index (χ0) is 14.7. The highest BCUT2D eigenvalue weighted by atomic mass is 16.1. The largest absolute Gasteiger partial charge is 0.349 e. The molecule has 1 amide bonds. The summed E-state index contributed by atoms with van der Waals surface area (Å²) in [6.07, 6.45) is 7.19. The fraction of sp³-hybridized carbons (Fsp3) is 0.611. The lowest BCUT2D eigenvalue weighted by molar-refractivity contribution is 0.0904. The van der Waals surface area contributed by atoms with Gasteiger partial charge in [0.2, 0.25) is 0 Å². The highest BCUT2D eigenvalue weighted by Crippen LogP contribution is 2.27. The van der Waals surface area contributed by atoms with E-state index in [9.17, 15) is 4.79 Å². The van der Waals surface area contributed by atoms with Gasteiger partial charge in [-0.3, -0.25) is 4.79 Å². The second-order valence-corrected chi connectivity index (χ2v) is 6.44. The Bertz CT molecular complexity index is 512. The summed E-state index contributed by atoms with van der Waals surface area (Å²) in [7, 11) is 0. The first-order valence-corrected chi connectivity index (χ1v) is 8.41. The number of nitrogens with one attached hydrogen (secondary N) is 2. The van der Waals surface area contributed by atoms with Crippen LogP contribution in [0.25, 0.3) is 0 Å². The quantitative estimate of drug-likeness (QED) is 0.896. The van der Waals surface area contributed by atoms with E-state index in [1.807, 2.05) is 6.07 Å². The first-order chi connectivity index (χ1) is 10.3. The molecule has 3 rings (SSSR count). The van der Waals surface area contributed by atoms with Gasteiger partial charge in [0.25, 0.3) is 5.91 Å². The van der Waals surface area contributed by atoms with Crippen molar-refractivity contribution in [1.29, 1.82) is 0 Å². The van der Waals surface area contributed by atoms with Gasteiger partial charge in [-0.2, -0.15) is 0 Å². The van der Waals surface area contributed by atoms with Crippen LogP contribution in [0.15, 0.2) is 18.2 Å². The van der Waals surface area contributed by atoms with Gasteiger partial charge in [-0.15, -0.1) is 0 Å². The van der Waals surface area contributed by atoms with E-state index in [2.05, 4.69) is 29.7 Å². The monoisotopic (exact) mass is 286 g/mol. The molecule has 2 unspecified atom stereocenters. The SMILES string of the molecule is CCC1CCCCC1NC(=O)c1ccc2c(c1)CNCC2. The van der Waals surface area contributed by atoms with Crippen LogP contribution in [0.4, 0.5) is 0 Å². The summed E-state index contributed by atoms with van der Waals surface area (Å²) in [6.45, 7) is 4.16. The minimum atomic E-state index is 0.105. The Hall–Kier alpha value is -1.35. The number of hydrogen-bond acceptors (Lipinski definition) is 2. The van der Waals surface area contributed by atoms with Crippen molar-refractivity contribution in [2.75, 3.05) is 6.54 Å². The van der Waals surface area contributed by atoms with Gasteiger partial charge in [0.05, 0.1) is 0 Å². The molecule has 1 aromatic carbocycles. The van der Waals surface area contributed by atoms with E-state index in [1.165, 1.54) is 36.8 Å². The summed E-state index contributed by atoms with van der Waals surface area (Å²) >= 11 is 0. The average Bonchev–Trinajstić information content (AvgIpc) is 2.55. The first kappa shape index (κ1) is 14.6. The Morgan fingerprint density at radius 2 is 2.14 bits per heavy atom. The van der Waals surface area contributed by atoms with E-state index >= 15 is 0 Å². The summed E-state index contributed by atoms with van der Waals surface area (Å²) in [4.78, 5) is 12.5. The van der Waals surface area contributed by atoms with Gasteiger partial charge in [-0.25, -0.2) is 0 Å². The molecule has 0 aromatic heterocycles. The van der Waals surface area contributed by atoms with Gasteiger partial charge < -0.3 is 10.6 Å². The number of rotatable bonds is 3. The minimum absolute atomic E-state index is 0.105. The van der Waals surface area contributed by atoms with E-state index in [4.69, 9.17) is 0 Å². The Labute approximate surface area is 127 Å². The summed E-state index contributed by atoms with van der Waals surface area (Å²) in [5.41, 5.74) is 3.48. The average molecular weight is 286 g/mol. The predicted octanol–water partition coefficient (Wildman–Crippen LogP) is 3.03. The van der Waals surface area contributed by atoms with E-state index in [0.717, 1.165) is 31.5 Å².